The molecule has 0 aromatic rings. The maximum atomic E-state index is 5.62. The lowest BCUT2D eigenvalue weighted by Crippen LogP contribution is -2.41. The Balaban J connectivity index is 4.39. The van der Waals surface area contributed by atoms with Crippen molar-refractivity contribution >= 4 is 34.8 Å². The van der Waals surface area contributed by atoms with E-state index in [9.17, 15) is 0 Å². The van der Waals surface area contributed by atoms with E-state index >= 15 is 0 Å². The minimum absolute atomic E-state index is 0.371. The summed E-state index contributed by atoms with van der Waals surface area (Å²) in [5, 5.41) is 0. The average Bonchev–Trinajstić information content (AvgIpc) is 2.37. The average molecular weight is 308 g/mol. The molecular weight excluding hydrogens is 286 g/mol. The van der Waals surface area contributed by atoms with Gasteiger partial charge in [0.25, 0.3) is 5.97 Å². The van der Waals surface area contributed by atoms with E-state index in [1.165, 1.54) is 0 Å². The molecule has 0 atom stereocenters. The number of alkyl halides is 3. The van der Waals surface area contributed by atoms with Crippen LogP contribution >= 0.6 is 34.8 Å². The number of hydrogen-bond donors (Lipinski definition) is 0. The first kappa shape index (κ1) is 17.8. The highest BCUT2D eigenvalue weighted by atomic mass is 35.5. The van der Waals surface area contributed by atoms with Gasteiger partial charge in [-0.2, -0.15) is 0 Å². The summed E-state index contributed by atoms with van der Waals surface area (Å²) in [6.07, 6.45) is 2.61. The van der Waals surface area contributed by atoms with Crippen LogP contribution in [0.4, 0.5) is 0 Å². The van der Waals surface area contributed by atoms with Gasteiger partial charge in [-0.1, -0.05) is 13.3 Å². The Morgan fingerprint density at radius 1 is 0.824 bits per heavy atom. The lowest BCUT2D eigenvalue weighted by Gasteiger charge is -2.32. The maximum Gasteiger partial charge on any atom is 0.282 e. The molecule has 0 unspecified atom stereocenters. The second-order valence-corrected chi connectivity index (χ2v) is 4.53. The second kappa shape index (κ2) is 11.8. The van der Waals surface area contributed by atoms with Gasteiger partial charge in [0.1, 0.15) is 0 Å². The molecule has 0 bridgehead atoms. The summed E-state index contributed by atoms with van der Waals surface area (Å²) in [4.78, 5) is 0. The van der Waals surface area contributed by atoms with Gasteiger partial charge in [-0.15, -0.1) is 34.8 Å². The van der Waals surface area contributed by atoms with Crippen molar-refractivity contribution in [3.8, 4) is 0 Å². The van der Waals surface area contributed by atoms with Gasteiger partial charge in [-0.3, -0.25) is 0 Å². The van der Waals surface area contributed by atoms with Crippen molar-refractivity contribution in [3.05, 3.63) is 0 Å². The molecule has 0 spiro atoms. The third-order valence-corrected chi connectivity index (χ3v) is 2.50. The van der Waals surface area contributed by atoms with E-state index in [1.807, 2.05) is 0 Å². The van der Waals surface area contributed by atoms with E-state index in [0.717, 1.165) is 12.8 Å². The standard InChI is InChI=1S/C11H21Cl3O3/c1-2-3-4-11(15-8-5-12,16-9-6-13)17-10-7-14/h2-10H2,1H3. The molecule has 0 aliphatic heterocycles. The summed E-state index contributed by atoms with van der Waals surface area (Å²) < 4.78 is 16.8. The fourth-order valence-electron chi connectivity index (χ4n) is 1.32. The molecule has 0 rings (SSSR count). The first-order chi connectivity index (χ1) is 8.24. The SMILES string of the molecule is CCCCC(OCCCl)(OCCCl)OCCCl. The van der Waals surface area contributed by atoms with E-state index in [1.54, 1.807) is 0 Å². The van der Waals surface area contributed by atoms with Crippen molar-refractivity contribution in [2.45, 2.75) is 32.2 Å². The van der Waals surface area contributed by atoms with Gasteiger partial charge in [0, 0.05) is 24.1 Å². The van der Waals surface area contributed by atoms with Gasteiger partial charge in [-0.05, 0) is 6.42 Å². The summed E-state index contributed by atoms with van der Waals surface area (Å²) >= 11 is 16.9. The molecule has 104 valence electrons. The summed E-state index contributed by atoms with van der Waals surface area (Å²) in [5.41, 5.74) is 0. The van der Waals surface area contributed by atoms with Gasteiger partial charge >= 0.3 is 0 Å². The first-order valence-electron chi connectivity index (χ1n) is 5.84. The molecule has 0 fully saturated rings. The van der Waals surface area contributed by atoms with Gasteiger partial charge in [0.2, 0.25) is 0 Å². The van der Waals surface area contributed by atoms with E-state index < -0.39 is 5.97 Å². The molecule has 0 saturated carbocycles. The van der Waals surface area contributed by atoms with E-state index in [-0.39, 0.29) is 0 Å². The Labute approximate surface area is 119 Å². The van der Waals surface area contributed by atoms with Crippen LogP contribution in [-0.2, 0) is 14.2 Å². The van der Waals surface area contributed by atoms with Gasteiger partial charge in [0.15, 0.2) is 0 Å². The molecule has 17 heavy (non-hydrogen) atoms. The third-order valence-electron chi connectivity index (χ3n) is 2.03. The molecule has 0 saturated heterocycles. The van der Waals surface area contributed by atoms with E-state index in [0.29, 0.717) is 43.9 Å². The lowest BCUT2D eigenvalue weighted by molar-refractivity contribution is -0.379. The third kappa shape index (κ3) is 8.46. The van der Waals surface area contributed by atoms with Crippen LogP contribution in [0.3, 0.4) is 0 Å². The highest BCUT2D eigenvalue weighted by Crippen LogP contribution is 2.23. The molecule has 6 heteroatoms. The Morgan fingerprint density at radius 3 is 1.53 bits per heavy atom. The van der Waals surface area contributed by atoms with Crippen molar-refractivity contribution in [1.29, 1.82) is 0 Å². The molecule has 0 aromatic carbocycles. The molecule has 0 heterocycles. The largest absolute Gasteiger partial charge is 0.326 e. The summed E-state index contributed by atoms with van der Waals surface area (Å²) in [6.45, 7) is 3.21. The van der Waals surface area contributed by atoms with Crippen LogP contribution in [0.15, 0.2) is 0 Å². The normalized spacial score (nSPS) is 12.0. The second-order valence-electron chi connectivity index (χ2n) is 3.40. The Morgan fingerprint density at radius 2 is 1.24 bits per heavy atom. The van der Waals surface area contributed by atoms with Crippen LogP contribution in [0, 0.1) is 0 Å². The van der Waals surface area contributed by atoms with Crippen molar-refractivity contribution < 1.29 is 14.2 Å². The summed E-state index contributed by atoms with van der Waals surface area (Å²) in [7, 11) is 0. The van der Waals surface area contributed by atoms with Crippen molar-refractivity contribution in [3.63, 3.8) is 0 Å². The number of ether oxygens (including phenoxy) is 3. The molecule has 0 N–H and O–H groups in total. The Hall–Kier alpha value is 0.750. The lowest BCUT2D eigenvalue weighted by atomic mass is 10.2. The number of halogens is 3. The molecule has 0 radical (unpaired) electrons. The smallest absolute Gasteiger partial charge is 0.282 e. The van der Waals surface area contributed by atoms with Crippen molar-refractivity contribution in [1.82, 2.24) is 0 Å². The minimum atomic E-state index is -1.05. The quantitative estimate of drug-likeness (QED) is 0.407. The van der Waals surface area contributed by atoms with Crippen molar-refractivity contribution in [2.75, 3.05) is 37.5 Å². The minimum Gasteiger partial charge on any atom is -0.326 e. The number of rotatable bonds is 12. The Bertz CT molecular complexity index is 133. The number of hydrogen-bond acceptors (Lipinski definition) is 3. The zero-order valence-corrected chi connectivity index (χ0v) is 12.5. The van der Waals surface area contributed by atoms with Crippen LogP contribution < -0.4 is 0 Å². The van der Waals surface area contributed by atoms with Gasteiger partial charge in [0.05, 0.1) is 19.8 Å². The molecule has 0 aliphatic rings. The predicted octanol–water partition coefficient (Wildman–Crippen LogP) is 3.60. The van der Waals surface area contributed by atoms with Crippen LogP contribution in [0.1, 0.15) is 26.2 Å². The highest BCUT2D eigenvalue weighted by molar-refractivity contribution is 6.18. The molecule has 0 aromatic heterocycles. The monoisotopic (exact) mass is 306 g/mol. The molecule has 0 amide bonds. The zero-order valence-electron chi connectivity index (χ0n) is 10.2. The molecular formula is C11H21Cl3O3. The fourth-order valence-corrected chi connectivity index (χ4v) is 1.55. The zero-order chi connectivity index (χ0) is 13.0. The van der Waals surface area contributed by atoms with E-state index in [4.69, 9.17) is 49.0 Å². The van der Waals surface area contributed by atoms with Crippen LogP contribution in [0.2, 0.25) is 0 Å². The predicted molar refractivity (Wildman–Crippen MR) is 72.3 cm³/mol. The highest BCUT2D eigenvalue weighted by Gasteiger charge is 2.32. The maximum absolute atomic E-state index is 5.62. The fraction of sp³-hybridized carbons (Fsp3) is 1.00. The van der Waals surface area contributed by atoms with Gasteiger partial charge < -0.3 is 14.2 Å². The summed E-state index contributed by atoms with van der Waals surface area (Å²) in [6, 6.07) is 0. The van der Waals surface area contributed by atoms with Crippen LogP contribution in [-0.4, -0.2) is 43.4 Å². The van der Waals surface area contributed by atoms with Crippen LogP contribution in [0.25, 0.3) is 0 Å². The van der Waals surface area contributed by atoms with Gasteiger partial charge in [-0.25, -0.2) is 0 Å². The summed E-state index contributed by atoms with van der Waals surface area (Å²) in [5.74, 6) is 0.127. The first-order valence-corrected chi connectivity index (χ1v) is 7.44. The Kier molecular flexibility index (Phi) is 12.3. The van der Waals surface area contributed by atoms with Crippen molar-refractivity contribution in [2.24, 2.45) is 0 Å². The van der Waals surface area contributed by atoms with E-state index in [2.05, 4.69) is 6.92 Å². The van der Waals surface area contributed by atoms with Crippen LogP contribution in [0.5, 0.6) is 0 Å². The number of unbranched alkanes of at least 4 members (excludes halogenated alkanes) is 1. The molecule has 3 nitrogen and oxygen atoms in total. The molecule has 0 aliphatic carbocycles. The topological polar surface area (TPSA) is 27.7 Å².